The molecule has 0 bridgehead atoms. The number of nitrogens with zero attached hydrogens (tertiary/aromatic N) is 5. The third-order valence-electron chi connectivity index (χ3n) is 6.24. The highest BCUT2D eigenvalue weighted by atomic mass is 16.2. The average molecular weight is 441 g/mol. The summed E-state index contributed by atoms with van der Waals surface area (Å²) in [6.45, 7) is 2.02. The molecule has 5 rings (SSSR count). The second-order valence-electron chi connectivity index (χ2n) is 8.47. The summed E-state index contributed by atoms with van der Waals surface area (Å²) in [5.41, 5.74) is 2.91. The summed E-state index contributed by atoms with van der Waals surface area (Å²) in [4.78, 5) is 33.6. The lowest BCUT2D eigenvalue weighted by atomic mass is 10.0. The van der Waals surface area contributed by atoms with Crippen LogP contribution >= 0.6 is 0 Å². The Morgan fingerprint density at radius 3 is 2.48 bits per heavy atom. The Morgan fingerprint density at radius 2 is 1.79 bits per heavy atom. The highest BCUT2D eigenvalue weighted by Gasteiger charge is 2.46. The molecule has 166 valence electrons. The van der Waals surface area contributed by atoms with E-state index in [1.807, 2.05) is 61.5 Å². The number of rotatable bonds is 6. The van der Waals surface area contributed by atoms with E-state index in [1.165, 1.54) is 10.9 Å². The van der Waals surface area contributed by atoms with Crippen LogP contribution in [0.4, 0.5) is 0 Å². The van der Waals surface area contributed by atoms with E-state index >= 15 is 0 Å². The van der Waals surface area contributed by atoms with Crippen LogP contribution in [0.1, 0.15) is 47.6 Å². The van der Waals surface area contributed by atoms with E-state index in [4.69, 9.17) is 0 Å². The number of benzene rings is 2. The molecule has 1 fully saturated rings. The Morgan fingerprint density at radius 1 is 1.06 bits per heavy atom. The molecule has 8 heteroatoms. The van der Waals surface area contributed by atoms with E-state index in [9.17, 15) is 9.59 Å². The molecule has 1 aliphatic carbocycles. The third kappa shape index (κ3) is 3.95. The van der Waals surface area contributed by atoms with Gasteiger partial charge >= 0.3 is 0 Å². The normalized spacial score (nSPS) is 15.1. The summed E-state index contributed by atoms with van der Waals surface area (Å²) < 4.78 is 3.16. The van der Waals surface area contributed by atoms with E-state index in [2.05, 4.69) is 20.4 Å². The second kappa shape index (κ2) is 8.12. The number of carbonyl (C=O) groups excluding carboxylic acids is 1. The number of nitrogens with one attached hydrogen (secondary N) is 1. The second-order valence-corrected chi connectivity index (χ2v) is 8.47. The van der Waals surface area contributed by atoms with Crippen LogP contribution in [-0.4, -0.2) is 30.2 Å². The number of amides is 1. The van der Waals surface area contributed by atoms with Gasteiger partial charge in [-0.1, -0.05) is 54.6 Å². The lowest BCUT2D eigenvalue weighted by Gasteiger charge is -2.17. The quantitative estimate of drug-likeness (QED) is 0.497. The third-order valence-corrected chi connectivity index (χ3v) is 6.24. The fourth-order valence-corrected chi connectivity index (χ4v) is 4.01. The minimum absolute atomic E-state index is 0.0251. The van der Waals surface area contributed by atoms with Crippen LogP contribution in [0.25, 0.3) is 11.1 Å². The molecule has 8 nitrogen and oxygen atoms in total. The largest absolute Gasteiger partial charge is 0.340 e. The summed E-state index contributed by atoms with van der Waals surface area (Å²) in [5.74, 6) is -0.142. The van der Waals surface area contributed by atoms with Gasteiger partial charge in [0.2, 0.25) is 5.82 Å². The zero-order chi connectivity index (χ0) is 23.0. The van der Waals surface area contributed by atoms with E-state index in [0.717, 1.165) is 29.5 Å². The molecule has 1 saturated carbocycles. The first kappa shape index (κ1) is 20.8. The zero-order valence-electron chi connectivity index (χ0n) is 18.5. The van der Waals surface area contributed by atoms with Crippen molar-refractivity contribution in [3.63, 3.8) is 0 Å². The SMILES string of the molecule is C[C@H](c1ccccc1)n1cnc(C(=O)NC2(c3ccc(-c4cncn(C)c4=O)cc3)CC2)n1. The molecule has 0 aliphatic heterocycles. The van der Waals surface area contributed by atoms with Gasteiger partial charge in [0.25, 0.3) is 11.5 Å². The summed E-state index contributed by atoms with van der Waals surface area (Å²) in [6, 6.07) is 17.7. The number of hydrogen-bond acceptors (Lipinski definition) is 5. The van der Waals surface area contributed by atoms with E-state index in [1.54, 1.807) is 24.3 Å². The molecule has 1 atom stereocenters. The smallest absolute Gasteiger partial charge is 0.291 e. The van der Waals surface area contributed by atoms with Crippen LogP contribution in [0.2, 0.25) is 0 Å². The first-order valence-electron chi connectivity index (χ1n) is 10.9. The topological polar surface area (TPSA) is 94.7 Å². The minimum atomic E-state index is -0.425. The van der Waals surface area contributed by atoms with Gasteiger partial charge in [0.05, 0.1) is 23.5 Å². The summed E-state index contributed by atoms with van der Waals surface area (Å²) >= 11 is 0. The van der Waals surface area contributed by atoms with E-state index in [0.29, 0.717) is 5.56 Å². The van der Waals surface area contributed by atoms with Crippen molar-refractivity contribution in [2.75, 3.05) is 0 Å². The number of carbonyl (C=O) groups is 1. The van der Waals surface area contributed by atoms with E-state index in [-0.39, 0.29) is 23.3 Å². The molecule has 33 heavy (non-hydrogen) atoms. The van der Waals surface area contributed by atoms with Crippen LogP contribution in [0.15, 0.2) is 78.2 Å². The van der Waals surface area contributed by atoms with Crippen LogP contribution in [-0.2, 0) is 12.6 Å². The first-order chi connectivity index (χ1) is 16.0. The molecule has 0 spiro atoms. The van der Waals surface area contributed by atoms with Gasteiger partial charge in [0.15, 0.2) is 0 Å². The number of aryl methyl sites for hydroxylation is 1. The molecule has 2 aromatic carbocycles. The Hall–Kier alpha value is -4.07. The monoisotopic (exact) mass is 440 g/mol. The highest BCUT2D eigenvalue weighted by Crippen LogP contribution is 2.45. The van der Waals surface area contributed by atoms with Gasteiger partial charge < -0.3 is 9.88 Å². The van der Waals surface area contributed by atoms with Crippen LogP contribution in [0.3, 0.4) is 0 Å². The molecule has 1 N–H and O–H groups in total. The fraction of sp³-hybridized carbons (Fsp3) is 0.240. The maximum absolute atomic E-state index is 12.9. The Bertz CT molecular complexity index is 1350. The fourth-order valence-electron chi connectivity index (χ4n) is 4.01. The number of hydrogen-bond donors (Lipinski definition) is 1. The summed E-state index contributed by atoms with van der Waals surface area (Å²) in [6.07, 6.45) is 6.34. The van der Waals surface area contributed by atoms with Crippen LogP contribution < -0.4 is 10.9 Å². The van der Waals surface area contributed by atoms with Gasteiger partial charge in [-0.05, 0) is 36.5 Å². The van der Waals surface area contributed by atoms with Gasteiger partial charge in [0.1, 0.15) is 6.33 Å². The molecule has 0 saturated heterocycles. The molecule has 4 aromatic rings. The van der Waals surface area contributed by atoms with Crippen molar-refractivity contribution >= 4 is 5.91 Å². The maximum atomic E-state index is 12.9. The van der Waals surface area contributed by atoms with E-state index < -0.39 is 5.54 Å². The predicted molar refractivity (Wildman–Crippen MR) is 124 cm³/mol. The summed E-state index contributed by atoms with van der Waals surface area (Å²) in [5, 5.41) is 7.53. The van der Waals surface area contributed by atoms with Crippen LogP contribution in [0.5, 0.6) is 0 Å². The standard InChI is InChI=1S/C25H24N6O2/c1-17(18-6-4-3-5-7-18)31-16-27-22(29-31)23(32)28-25(12-13-25)20-10-8-19(9-11-20)21-14-26-15-30(2)24(21)33/h3-11,14-17H,12-13H2,1-2H3,(H,28,32)/t17-/m1/s1. The van der Waals surface area contributed by atoms with Crippen molar-refractivity contribution in [2.24, 2.45) is 7.05 Å². The molecule has 1 amide bonds. The lowest BCUT2D eigenvalue weighted by Crippen LogP contribution is -2.35. The van der Waals surface area contributed by atoms with Crippen molar-refractivity contribution in [1.82, 2.24) is 29.6 Å². The van der Waals surface area contributed by atoms with Gasteiger partial charge in [-0.3, -0.25) is 9.59 Å². The molecule has 1 aliphatic rings. The average Bonchev–Trinajstić information content (AvgIpc) is 3.45. The number of aromatic nitrogens is 5. The predicted octanol–water partition coefficient (Wildman–Crippen LogP) is 3.07. The molecule has 2 heterocycles. The first-order valence-corrected chi connectivity index (χ1v) is 10.9. The minimum Gasteiger partial charge on any atom is -0.340 e. The molecular formula is C25H24N6O2. The lowest BCUT2D eigenvalue weighted by molar-refractivity contribution is 0.0920. The Kier molecular flexibility index (Phi) is 5.12. The molecule has 2 aromatic heterocycles. The van der Waals surface area contributed by atoms with Crippen molar-refractivity contribution in [2.45, 2.75) is 31.3 Å². The van der Waals surface area contributed by atoms with Crippen LogP contribution in [0, 0.1) is 0 Å². The van der Waals surface area contributed by atoms with Gasteiger partial charge in [-0.2, -0.15) is 0 Å². The molecular weight excluding hydrogens is 416 g/mol. The van der Waals surface area contributed by atoms with Gasteiger partial charge in [-0.15, -0.1) is 5.10 Å². The van der Waals surface area contributed by atoms with Crippen molar-refractivity contribution in [3.8, 4) is 11.1 Å². The molecule has 0 radical (unpaired) electrons. The Balaban J connectivity index is 1.32. The van der Waals surface area contributed by atoms with Gasteiger partial charge in [0, 0.05) is 13.2 Å². The maximum Gasteiger partial charge on any atom is 0.291 e. The summed E-state index contributed by atoms with van der Waals surface area (Å²) in [7, 11) is 1.68. The molecule has 0 unspecified atom stereocenters. The van der Waals surface area contributed by atoms with Crippen molar-refractivity contribution in [3.05, 3.63) is 101 Å². The highest BCUT2D eigenvalue weighted by molar-refractivity contribution is 5.91. The zero-order valence-corrected chi connectivity index (χ0v) is 18.5. The Labute approximate surface area is 191 Å². The van der Waals surface area contributed by atoms with Crippen molar-refractivity contribution in [1.29, 1.82) is 0 Å². The van der Waals surface area contributed by atoms with Gasteiger partial charge in [-0.25, -0.2) is 14.6 Å². The van der Waals surface area contributed by atoms with Crippen molar-refractivity contribution < 1.29 is 4.79 Å².